The maximum atomic E-state index is 14.5. The minimum atomic E-state index is -0.647. The lowest BCUT2D eigenvalue weighted by atomic mass is 10.0. The number of hydrogen-bond acceptors (Lipinski definition) is 7. The molecule has 186 valence electrons. The average molecular weight is 491 g/mol. The molecule has 5 rings (SSSR count). The van der Waals surface area contributed by atoms with Gasteiger partial charge in [0.15, 0.2) is 11.6 Å². The Bertz CT molecular complexity index is 1390. The van der Waals surface area contributed by atoms with Gasteiger partial charge in [0.25, 0.3) is 5.91 Å². The van der Waals surface area contributed by atoms with Crippen molar-refractivity contribution >= 4 is 22.6 Å². The van der Waals surface area contributed by atoms with Crippen LogP contribution in [0.1, 0.15) is 40.6 Å². The number of halogens is 1. The Morgan fingerprint density at radius 3 is 2.75 bits per heavy atom. The van der Waals surface area contributed by atoms with Crippen LogP contribution in [0.5, 0.6) is 5.75 Å². The second-order valence-electron chi connectivity index (χ2n) is 8.67. The number of nitrogens with zero attached hydrogens (tertiary/aromatic N) is 4. The van der Waals surface area contributed by atoms with Crippen LogP contribution in [0.2, 0.25) is 0 Å². The van der Waals surface area contributed by atoms with Gasteiger partial charge >= 0.3 is 0 Å². The van der Waals surface area contributed by atoms with Crippen LogP contribution in [0.25, 0.3) is 10.9 Å². The normalized spacial score (nSPS) is 15.0. The van der Waals surface area contributed by atoms with Crippen molar-refractivity contribution in [2.24, 2.45) is 7.05 Å². The number of amides is 1. The highest BCUT2D eigenvalue weighted by molar-refractivity contribution is 5.95. The Labute approximate surface area is 207 Å². The summed E-state index contributed by atoms with van der Waals surface area (Å²) in [6.45, 7) is 1.45. The van der Waals surface area contributed by atoms with Gasteiger partial charge in [-0.25, -0.2) is 14.4 Å². The first-order valence-corrected chi connectivity index (χ1v) is 11.7. The van der Waals surface area contributed by atoms with E-state index in [1.807, 2.05) is 12.1 Å². The fraction of sp³-hybridized carbons (Fsp3) is 0.308. The van der Waals surface area contributed by atoms with Crippen LogP contribution in [0.4, 0.5) is 10.2 Å². The SMILES string of the molecule is COc1ccc([C@H](NC(=O)c2ccc3cnc(NC4CCOCC4)cc3n2)c2ccnn2C)cc1F. The van der Waals surface area contributed by atoms with Crippen molar-refractivity contribution < 1.29 is 18.7 Å². The highest BCUT2D eigenvalue weighted by atomic mass is 19.1. The zero-order valence-electron chi connectivity index (χ0n) is 20.1. The van der Waals surface area contributed by atoms with Gasteiger partial charge in [-0.2, -0.15) is 5.10 Å². The fourth-order valence-electron chi connectivity index (χ4n) is 4.34. The van der Waals surface area contributed by atoms with Gasteiger partial charge in [0.05, 0.1) is 24.4 Å². The van der Waals surface area contributed by atoms with Crippen LogP contribution < -0.4 is 15.4 Å². The van der Waals surface area contributed by atoms with Gasteiger partial charge in [-0.05, 0) is 48.7 Å². The summed E-state index contributed by atoms with van der Waals surface area (Å²) in [6.07, 6.45) is 5.20. The highest BCUT2D eigenvalue weighted by Gasteiger charge is 2.23. The number of carbonyl (C=O) groups excluding carboxylic acids is 1. The number of rotatable bonds is 7. The van der Waals surface area contributed by atoms with Crippen molar-refractivity contribution in [1.29, 1.82) is 0 Å². The Morgan fingerprint density at radius 1 is 1.19 bits per heavy atom. The molecule has 2 N–H and O–H groups in total. The molecule has 0 radical (unpaired) electrons. The van der Waals surface area contributed by atoms with Crippen LogP contribution >= 0.6 is 0 Å². The van der Waals surface area contributed by atoms with Crippen LogP contribution in [0, 0.1) is 5.82 Å². The molecule has 10 heteroatoms. The third-order valence-corrected chi connectivity index (χ3v) is 6.32. The quantitative estimate of drug-likeness (QED) is 0.408. The predicted octanol–water partition coefficient (Wildman–Crippen LogP) is 3.62. The molecule has 9 nitrogen and oxygen atoms in total. The number of benzene rings is 1. The smallest absolute Gasteiger partial charge is 0.270 e. The molecule has 1 amide bonds. The van der Waals surface area contributed by atoms with Gasteiger partial charge in [0.2, 0.25) is 0 Å². The molecule has 36 heavy (non-hydrogen) atoms. The molecule has 0 spiro atoms. The topological polar surface area (TPSA) is 103 Å². The second-order valence-corrected chi connectivity index (χ2v) is 8.67. The van der Waals surface area contributed by atoms with Crippen LogP contribution in [-0.4, -0.2) is 52.0 Å². The number of pyridine rings is 2. The number of methoxy groups -OCH3 is 1. The van der Waals surface area contributed by atoms with Crippen LogP contribution in [-0.2, 0) is 11.8 Å². The molecule has 1 aliphatic heterocycles. The Balaban J connectivity index is 1.42. The molecule has 0 unspecified atom stereocenters. The van der Waals surface area contributed by atoms with Gasteiger partial charge in [-0.1, -0.05) is 6.07 Å². The number of aryl methyl sites for hydroxylation is 1. The number of hydrogen-bond donors (Lipinski definition) is 2. The van der Waals surface area contributed by atoms with Gasteiger partial charge in [0, 0.05) is 50.1 Å². The summed E-state index contributed by atoms with van der Waals surface area (Å²) in [5, 5.41) is 11.4. The molecular formula is C26H27FN6O3. The van der Waals surface area contributed by atoms with Crippen molar-refractivity contribution in [1.82, 2.24) is 25.1 Å². The first kappa shape index (κ1) is 23.7. The lowest BCUT2D eigenvalue weighted by molar-refractivity contribution is 0.0903. The molecule has 1 fully saturated rings. The van der Waals surface area contributed by atoms with E-state index >= 15 is 0 Å². The number of anilines is 1. The van der Waals surface area contributed by atoms with E-state index < -0.39 is 17.8 Å². The van der Waals surface area contributed by atoms with Crippen molar-refractivity contribution in [2.75, 3.05) is 25.6 Å². The lowest BCUT2D eigenvalue weighted by Crippen LogP contribution is -2.31. The molecule has 1 aromatic carbocycles. The molecule has 4 aromatic rings. The Kier molecular flexibility index (Phi) is 6.77. The zero-order valence-corrected chi connectivity index (χ0v) is 20.1. The molecule has 0 saturated carbocycles. The molecule has 1 atom stereocenters. The van der Waals surface area contributed by atoms with Crippen molar-refractivity contribution in [3.05, 3.63) is 77.6 Å². The maximum Gasteiger partial charge on any atom is 0.270 e. The molecule has 3 aromatic heterocycles. The molecule has 1 saturated heterocycles. The number of fused-ring (bicyclic) bond motifs is 1. The molecule has 1 aliphatic rings. The maximum absolute atomic E-state index is 14.5. The van der Waals surface area contributed by atoms with E-state index in [1.54, 1.807) is 42.3 Å². The van der Waals surface area contributed by atoms with E-state index in [1.165, 1.54) is 19.2 Å². The standard InChI is InChI=1S/C26H27FN6O3/c1-33-22(7-10-29-33)25(16-4-6-23(35-2)19(27)13-16)32-26(34)20-5-3-17-15-28-24(14-21(17)31-20)30-18-8-11-36-12-9-18/h3-7,10,13-15,18,25H,8-9,11-12H2,1-2H3,(H,28,30)(H,32,34)/t25-/m0/s1. The summed E-state index contributed by atoms with van der Waals surface area (Å²) in [5.41, 5.74) is 2.14. The third kappa shape index (κ3) is 4.99. The van der Waals surface area contributed by atoms with Gasteiger partial charge in [-0.15, -0.1) is 0 Å². The summed E-state index contributed by atoms with van der Waals surface area (Å²) in [4.78, 5) is 22.4. The molecule has 0 aliphatic carbocycles. The first-order chi connectivity index (χ1) is 17.5. The van der Waals surface area contributed by atoms with E-state index in [-0.39, 0.29) is 11.4 Å². The van der Waals surface area contributed by atoms with Crippen LogP contribution in [0.3, 0.4) is 0 Å². The lowest BCUT2D eigenvalue weighted by Gasteiger charge is -2.23. The van der Waals surface area contributed by atoms with E-state index in [4.69, 9.17) is 9.47 Å². The summed E-state index contributed by atoms with van der Waals surface area (Å²) in [7, 11) is 3.17. The molecular weight excluding hydrogens is 463 g/mol. The summed E-state index contributed by atoms with van der Waals surface area (Å²) >= 11 is 0. The number of nitrogens with one attached hydrogen (secondary N) is 2. The van der Waals surface area contributed by atoms with E-state index in [9.17, 15) is 9.18 Å². The van der Waals surface area contributed by atoms with Crippen molar-refractivity contribution in [3.8, 4) is 5.75 Å². The number of aromatic nitrogens is 4. The minimum Gasteiger partial charge on any atom is -0.494 e. The highest BCUT2D eigenvalue weighted by Crippen LogP contribution is 2.27. The minimum absolute atomic E-state index is 0.129. The predicted molar refractivity (Wildman–Crippen MR) is 132 cm³/mol. The van der Waals surface area contributed by atoms with Gasteiger partial charge in [0.1, 0.15) is 11.5 Å². The largest absolute Gasteiger partial charge is 0.494 e. The monoisotopic (exact) mass is 490 g/mol. The summed E-state index contributed by atoms with van der Waals surface area (Å²) < 4.78 is 26.6. The first-order valence-electron chi connectivity index (χ1n) is 11.7. The van der Waals surface area contributed by atoms with E-state index in [2.05, 4.69) is 25.7 Å². The fourth-order valence-corrected chi connectivity index (χ4v) is 4.34. The van der Waals surface area contributed by atoms with E-state index in [0.29, 0.717) is 28.6 Å². The molecule has 4 heterocycles. The van der Waals surface area contributed by atoms with E-state index in [0.717, 1.165) is 31.4 Å². The summed E-state index contributed by atoms with van der Waals surface area (Å²) in [5.74, 6) is -0.0721. The average Bonchev–Trinajstić information content (AvgIpc) is 3.32. The number of carbonyl (C=O) groups is 1. The van der Waals surface area contributed by atoms with Crippen LogP contribution in [0.15, 0.2) is 54.9 Å². The Hall–Kier alpha value is -4.05. The second kappa shape index (κ2) is 10.3. The Morgan fingerprint density at radius 2 is 2.03 bits per heavy atom. The molecule has 0 bridgehead atoms. The van der Waals surface area contributed by atoms with Crippen molar-refractivity contribution in [2.45, 2.75) is 24.9 Å². The van der Waals surface area contributed by atoms with Gasteiger partial charge < -0.3 is 20.1 Å². The number of ether oxygens (including phenoxy) is 2. The third-order valence-electron chi connectivity index (χ3n) is 6.32. The van der Waals surface area contributed by atoms with Crippen molar-refractivity contribution in [3.63, 3.8) is 0 Å². The zero-order chi connectivity index (χ0) is 25.1. The van der Waals surface area contributed by atoms with Gasteiger partial charge in [-0.3, -0.25) is 9.48 Å². The summed E-state index contributed by atoms with van der Waals surface area (Å²) in [6, 6.07) is 11.3.